The molecule has 0 aromatic carbocycles. The van der Waals surface area contributed by atoms with Crippen LogP contribution in [0.4, 0.5) is 0 Å². The number of hydrogen-bond acceptors (Lipinski definition) is 4. The minimum absolute atomic E-state index is 0.00872. The Morgan fingerprint density at radius 1 is 1.29 bits per heavy atom. The fraction of sp³-hybridized carbons (Fsp3) is 0.684. The van der Waals surface area contributed by atoms with Crippen LogP contribution in [0.3, 0.4) is 0 Å². The van der Waals surface area contributed by atoms with Gasteiger partial charge in [0.1, 0.15) is 0 Å². The van der Waals surface area contributed by atoms with Crippen LogP contribution < -0.4 is 5.32 Å². The van der Waals surface area contributed by atoms with Gasteiger partial charge in [0.05, 0.1) is 5.60 Å². The van der Waals surface area contributed by atoms with Gasteiger partial charge in [-0.15, -0.1) is 0 Å². The summed E-state index contributed by atoms with van der Waals surface area (Å²) < 4.78 is 6.13. The number of pyridine rings is 1. The van der Waals surface area contributed by atoms with Crippen LogP contribution in [-0.4, -0.2) is 54.2 Å². The Hall–Kier alpha value is -1.46. The minimum atomic E-state index is -0.00872. The van der Waals surface area contributed by atoms with Gasteiger partial charge < -0.3 is 10.1 Å². The number of carbonyl (C=O) groups is 1. The molecule has 3 aliphatic rings. The average Bonchev–Trinajstić information content (AvgIpc) is 2.94. The molecular formula is C19H27N3O2. The second-order valence-electron chi connectivity index (χ2n) is 7.65. The first kappa shape index (κ1) is 16.0. The smallest absolute Gasteiger partial charge is 0.251 e. The van der Waals surface area contributed by atoms with Gasteiger partial charge in [-0.3, -0.25) is 14.7 Å². The second-order valence-corrected chi connectivity index (χ2v) is 7.65. The van der Waals surface area contributed by atoms with Gasteiger partial charge in [0.15, 0.2) is 0 Å². The molecule has 1 aliphatic carbocycles. The van der Waals surface area contributed by atoms with E-state index < -0.39 is 0 Å². The molecule has 0 radical (unpaired) electrons. The predicted molar refractivity (Wildman–Crippen MR) is 91.8 cm³/mol. The van der Waals surface area contributed by atoms with Gasteiger partial charge in [0.25, 0.3) is 5.91 Å². The molecule has 2 aliphatic heterocycles. The summed E-state index contributed by atoms with van der Waals surface area (Å²) in [6.45, 7) is 5.04. The van der Waals surface area contributed by atoms with Crippen molar-refractivity contribution in [2.75, 3.05) is 32.8 Å². The third-order valence-corrected chi connectivity index (χ3v) is 6.04. The number of carbonyl (C=O) groups excluding carboxylic acids is 1. The molecule has 2 saturated heterocycles. The Bertz CT molecular complexity index is 567. The molecule has 1 spiro atoms. The Balaban J connectivity index is 1.22. The van der Waals surface area contributed by atoms with E-state index in [1.165, 1.54) is 25.8 Å². The normalized spacial score (nSPS) is 26.1. The van der Waals surface area contributed by atoms with E-state index in [0.717, 1.165) is 45.0 Å². The van der Waals surface area contributed by atoms with Gasteiger partial charge in [-0.25, -0.2) is 0 Å². The maximum atomic E-state index is 12.1. The summed E-state index contributed by atoms with van der Waals surface area (Å²) in [6.07, 6.45) is 9.68. The molecule has 0 bridgehead atoms. The topological polar surface area (TPSA) is 54.5 Å². The number of nitrogens with zero attached hydrogens (tertiary/aromatic N) is 2. The van der Waals surface area contributed by atoms with Crippen molar-refractivity contribution < 1.29 is 9.53 Å². The largest absolute Gasteiger partial charge is 0.372 e. The van der Waals surface area contributed by atoms with E-state index in [4.69, 9.17) is 4.74 Å². The Kier molecular flexibility index (Phi) is 4.55. The highest BCUT2D eigenvalue weighted by molar-refractivity contribution is 5.93. The van der Waals surface area contributed by atoms with Gasteiger partial charge >= 0.3 is 0 Å². The molecule has 1 N–H and O–H groups in total. The summed E-state index contributed by atoms with van der Waals surface area (Å²) in [5.41, 5.74) is 0.753. The van der Waals surface area contributed by atoms with Gasteiger partial charge in [-0.05, 0) is 49.7 Å². The van der Waals surface area contributed by atoms with E-state index in [-0.39, 0.29) is 11.5 Å². The Morgan fingerprint density at radius 2 is 2.08 bits per heavy atom. The van der Waals surface area contributed by atoms with E-state index >= 15 is 0 Å². The van der Waals surface area contributed by atoms with E-state index in [9.17, 15) is 4.79 Å². The number of likely N-dealkylation sites (tertiary alicyclic amines) is 1. The van der Waals surface area contributed by atoms with Crippen molar-refractivity contribution in [3.8, 4) is 0 Å². The Morgan fingerprint density at radius 3 is 2.79 bits per heavy atom. The number of amides is 1. The van der Waals surface area contributed by atoms with Crippen LogP contribution in [0.5, 0.6) is 0 Å². The predicted octanol–water partition coefficient (Wildman–Crippen LogP) is 2.09. The lowest BCUT2D eigenvalue weighted by Gasteiger charge is -2.52. The van der Waals surface area contributed by atoms with E-state index in [0.29, 0.717) is 11.5 Å². The zero-order chi connectivity index (χ0) is 16.4. The van der Waals surface area contributed by atoms with Crippen molar-refractivity contribution >= 4 is 5.91 Å². The number of ether oxygens (including phenoxy) is 1. The lowest BCUT2D eigenvalue weighted by molar-refractivity contribution is -0.139. The fourth-order valence-corrected chi connectivity index (χ4v) is 4.39. The minimum Gasteiger partial charge on any atom is -0.372 e. The van der Waals surface area contributed by atoms with Gasteiger partial charge in [0, 0.05) is 50.7 Å². The standard InChI is InChI=1S/C19H27N3O2/c23-18(16-4-8-20-9-5-16)21-10-6-17-7-11-24-19(17)13-22(14-19)12-15-2-1-3-15/h4-5,8-9,15,17H,1-3,6-7,10-14H2,(H,21,23). The van der Waals surface area contributed by atoms with Crippen molar-refractivity contribution in [2.45, 2.75) is 37.7 Å². The highest BCUT2D eigenvalue weighted by atomic mass is 16.5. The number of rotatable bonds is 6. The first-order valence-corrected chi connectivity index (χ1v) is 9.30. The fourth-order valence-electron chi connectivity index (χ4n) is 4.39. The maximum absolute atomic E-state index is 12.1. The molecule has 4 rings (SSSR count). The van der Waals surface area contributed by atoms with E-state index in [1.54, 1.807) is 24.5 Å². The molecule has 1 aromatic heterocycles. The van der Waals surface area contributed by atoms with Crippen LogP contribution in [0.25, 0.3) is 0 Å². The molecule has 130 valence electrons. The number of hydrogen-bond donors (Lipinski definition) is 1. The molecule has 24 heavy (non-hydrogen) atoms. The van der Waals surface area contributed by atoms with E-state index in [2.05, 4.69) is 15.2 Å². The summed E-state index contributed by atoms with van der Waals surface area (Å²) >= 11 is 0. The molecule has 1 unspecified atom stereocenters. The molecule has 5 heteroatoms. The summed E-state index contributed by atoms with van der Waals surface area (Å²) in [6, 6.07) is 3.50. The molecule has 1 atom stereocenters. The SMILES string of the molecule is O=C(NCCC1CCOC12CN(CC1CCC1)C2)c1ccncc1. The van der Waals surface area contributed by atoms with Crippen LogP contribution in [0.2, 0.25) is 0 Å². The van der Waals surface area contributed by atoms with Crippen LogP contribution in [-0.2, 0) is 4.74 Å². The van der Waals surface area contributed by atoms with Crippen molar-refractivity contribution in [3.05, 3.63) is 30.1 Å². The van der Waals surface area contributed by atoms with Gasteiger partial charge in [0.2, 0.25) is 0 Å². The van der Waals surface area contributed by atoms with Gasteiger partial charge in [-0.1, -0.05) is 6.42 Å². The molecule has 3 heterocycles. The van der Waals surface area contributed by atoms with Crippen molar-refractivity contribution in [1.82, 2.24) is 15.2 Å². The lowest BCUT2D eigenvalue weighted by Crippen LogP contribution is -2.65. The number of aromatic nitrogens is 1. The first-order chi connectivity index (χ1) is 11.8. The second kappa shape index (κ2) is 6.81. The molecule has 3 fully saturated rings. The average molecular weight is 329 g/mol. The lowest BCUT2D eigenvalue weighted by atomic mass is 9.77. The molecular weight excluding hydrogens is 302 g/mol. The molecule has 5 nitrogen and oxygen atoms in total. The first-order valence-electron chi connectivity index (χ1n) is 9.30. The van der Waals surface area contributed by atoms with Crippen LogP contribution in [0.15, 0.2) is 24.5 Å². The van der Waals surface area contributed by atoms with E-state index in [1.807, 2.05) is 0 Å². The van der Waals surface area contributed by atoms with Crippen LogP contribution >= 0.6 is 0 Å². The Labute approximate surface area is 143 Å². The molecule has 1 aromatic rings. The number of nitrogens with one attached hydrogen (secondary N) is 1. The molecule has 1 saturated carbocycles. The summed E-state index contributed by atoms with van der Waals surface area (Å²) in [5, 5.41) is 3.04. The third-order valence-electron chi connectivity index (χ3n) is 6.04. The van der Waals surface area contributed by atoms with Gasteiger partial charge in [-0.2, -0.15) is 0 Å². The zero-order valence-corrected chi connectivity index (χ0v) is 14.2. The summed E-state index contributed by atoms with van der Waals surface area (Å²) in [7, 11) is 0. The maximum Gasteiger partial charge on any atom is 0.251 e. The molecule has 1 amide bonds. The monoisotopic (exact) mass is 329 g/mol. The van der Waals surface area contributed by atoms with Crippen molar-refractivity contribution in [2.24, 2.45) is 11.8 Å². The highest BCUT2D eigenvalue weighted by Crippen LogP contribution is 2.42. The zero-order valence-electron chi connectivity index (χ0n) is 14.2. The summed E-state index contributed by atoms with van der Waals surface area (Å²) in [4.78, 5) is 18.6. The highest BCUT2D eigenvalue weighted by Gasteiger charge is 2.52. The summed E-state index contributed by atoms with van der Waals surface area (Å²) in [5.74, 6) is 1.50. The third kappa shape index (κ3) is 3.20. The van der Waals surface area contributed by atoms with Crippen molar-refractivity contribution in [1.29, 1.82) is 0 Å². The van der Waals surface area contributed by atoms with Crippen molar-refractivity contribution in [3.63, 3.8) is 0 Å². The van der Waals surface area contributed by atoms with Crippen LogP contribution in [0, 0.1) is 11.8 Å². The van der Waals surface area contributed by atoms with Crippen LogP contribution in [0.1, 0.15) is 42.5 Å². The quantitative estimate of drug-likeness (QED) is 0.868.